The van der Waals surface area contributed by atoms with Crippen molar-refractivity contribution in [3.63, 3.8) is 0 Å². The predicted octanol–water partition coefficient (Wildman–Crippen LogP) is 2.97. The minimum absolute atomic E-state index is 0.0531. The van der Waals surface area contributed by atoms with Crippen molar-refractivity contribution in [1.29, 1.82) is 0 Å². The molecule has 5 heteroatoms. The molecule has 0 saturated heterocycles. The van der Waals surface area contributed by atoms with E-state index < -0.39 is 0 Å². The largest absolute Gasteiger partial charge is 0.311 e. The number of benzene rings is 1. The van der Waals surface area contributed by atoms with E-state index >= 15 is 0 Å². The second-order valence-electron chi connectivity index (χ2n) is 6.47. The van der Waals surface area contributed by atoms with Crippen LogP contribution in [0.15, 0.2) is 42.1 Å². The highest BCUT2D eigenvalue weighted by Gasteiger charge is 2.29. The SMILES string of the molecule is CC(C)C(Cc1ccccc1)CC(C)N(S)C1=CC(=O)NC1=O. The zero-order valence-corrected chi connectivity index (χ0v) is 14.7. The lowest BCUT2D eigenvalue weighted by Gasteiger charge is -2.30. The molecule has 0 radical (unpaired) electrons. The van der Waals surface area contributed by atoms with E-state index in [9.17, 15) is 9.59 Å². The van der Waals surface area contributed by atoms with Crippen molar-refractivity contribution in [2.45, 2.75) is 39.7 Å². The fourth-order valence-electron chi connectivity index (χ4n) is 2.86. The van der Waals surface area contributed by atoms with Gasteiger partial charge in [0.1, 0.15) is 5.70 Å². The number of carbonyl (C=O) groups excluding carboxylic acids is 2. The van der Waals surface area contributed by atoms with Gasteiger partial charge in [-0.25, -0.2) is 0 Å². The number of hydrogen-bond acceptors (Lipinski definition) is 4. The Hall–Kier alpha value is -1.75. The molecule has 1 aliphatic heterocycles. The molecular formula is C18H24N2O2S. The number of thiol groups is 1. The Morgan fingerprint density at radius 3 is 2.30 bits per heavy atom. The highest BCUT2D eigenvalue weighted by Crippen LogP contribution is 2.27. The molecule has 124 valence electrons. The fourth-order valence-corrected chi connectivity index (χ4v) is 3.10. The Morgan fingerprint density at radius 1 is 1.13 bits per heavy atom. The van der Waals surface area contributed by atoms with E-state index in [2.05, 4.69) is 56.2 Å². The lowest BCUT2D eigenvalue weighted by Crippen LogP contribution is -2.33. The normalized spacial score (nSPS) is 17.0. The summed E-state index contributed by atoms with van der Waals surface area (Å²) in [5.74, 6) is 0.247. The highest BCUT2D eigenvalue weighted by atomic mass is 32.1. The van der Waals surface area contributed by atoms with E-state index in [-0.39, 0.29) is 17.9 Å². The van der Waals surface area contributed by atoms with Crippen molar-refractivity contribution in [2.75, 3.05) is 0 Å². The number of rotatable bonds is 7. The van der Waals surface area contributed by atoms with Crippen molar-refractivity contribution < 1.29 is 9.59 Å². The van der Waals surface area contributed by atoms with Gasteiger partial charge >= 0.3 is 0 Å². The van der Waals surface area contributed by atoms with Crippen molar-refractivity contribution in [1.82, 2.24) is 9.62 Å². The summed E-state index contributed by atoms with van der Waals surface area (Å²) in [7, 11) is 0. The summed E-state index contributed by atoms with van der Waals surface area (Å²) in [5, 5.41) is 2.26. The van der Waals surface area contributed by atoms with Gasteiger partial charge in [0, 0.05) is 12.1 Å². The molecule has 2 amide bonds. The van der Waals surface area contributed by atoms with Gasteiger partial charge < -0.3 is 4.31 Å². The zero-order chi connectivity index (χ0) is 17.0. The summed E-state index contributed by atoms with van der Waals surface area (Å²) in [6.07, 6.45) is 3.21. The van der Waals surface area contributed by atoms with Gasteiger partial charge in [-0.05, 0) is 37.2 Å². The Balaban J connectivity index is 2.03. The summed E-state index contributed by atoms with van der Waals surface area (Å²) in [4.78, 5) is 23.0. The van der Waals surface area contributed by atoms with Crippen molar-refractivity contribution >= 4 is 24.6 Å². The molecule has 0 spiro atoms. The maximum absolute atomic E-state index is 11.8. The minimum Gasteiger partial charge on any atom is -0.311 e. The molecule has 4 nitrogen and oxygen atoms in total. The molecular weight excluding hydrogens is 308 g/mol. The van der Waals surface area contributed by atoms with Gasteiger partial charge in [-0.15, -0.1) is 0 Å². The monoisotopic (exact) mass is 332 g/mol. The predicted molar refractivity (Wildman–Crippen MR) is 94.6 cm³/mol. The van der Waals surface area contributed by atoms with Crippen LogP contribution in [0.2, 0.25) is 0 Å². The summed E-state index contributed by atoms with van der Waals surface area (Å²) in [5.41, 5.74) is 1.64. The summed E-state index contributed by atoms with van der Waals surface area (Å²) < 4.78 is 1.61. The molecule has 2 unspecified atom stereocenters. The Bertz CT molecular complexity index is 598. The molecule has 0 bridgehead atoms. The Labute approximate surface area is 143 Å². The van der Waals surface area contributed by atoms with E-state index in [1.54, 1.807) is 4.31 Å². The van der Waals surface area contributed by atoms with Crippen LogP contribution in [0.3, 0.4) is 0 Å². The van der Waals surface area contributed by atoms with Crippen LogP contribution >= 0.6 is 12.8 Å². The first kappa shape index (κ1) is 17.6. The summed E-state index contributed by atoms with van der Waals surface area (Å²) in [6, 6.07) is 10.5. The highest BCUT2D eigenvalue weighted by molar-refractivity contribution is 7.77. The van der Waals surface area contributed by atoms with Gasteiger partial charge in [0.25, 0.3) is 11.8 Å². The average Bonchev–Trinajstić information content (AvgIpc) is 2.85. The number of amides is 2. The first-order chi connectivity index (χ1) is 10.9. The Morgan fingerprint density at radius 2 is 1.78 bits per heavy atom. The molecule has 0 aromatic heterocycles. The van der Waals surface area contributed by atoms with Crippen LogP contribution < -0.4 is 5.32 Å². The van der Waals surface area contributed by atoms with Crippen molar-refractivity contribution in [3.8, 4) is 0 Å². The van der Waals surface area contributed by atoms with E-state index in [1.165, 1.54) is 11.6 Å². The van der Waals surface area contributed by atoms with Crippen LogP contribution in [0.1, 0.15) is 32.8 Å². The lowest BCUT2D eigenvalue weighted by molar-refractivity contribution is -0.124. The van der Waals surface area contributed by atoms with Crippen LogP contribution in [-0.4, -0.2) is 22.2 Å². The van der Waals surface area contributed by atoms with Gasteiger partial charge in [0.15, 0.2) is 0 Å². The fraction of sp³-hybridized carbons (Fsp3) is 0.444. The maximum atomic E-state index is 11.8. The number of hydrogen-bond donors (Lipinski definition) is 2. The standard InChI is InChI=1S/C18H24N2O2S/c1-12(2)15(10-14-7-5-4-6-8-14)9-13(3)20(23)16-11-17(21)19-18(16)22/h4-8,11-13,15,23H,9-10H2,1-3H3,(H,19,21,22). The topological polar surface area (TPSA) is 49.4 Å². The molecule has 0 saturated carbocycles. The van der Waals surface area contributed by atoms with Gasteiger partial charge in [0.2, 0.25) is 0 Å². The van der Waals surface area contributed by atoms with Crippen LogP contribution in [0, 0.1) is 11.8 Å². The van der Waals surface area contributed by atoms with E-state index in [4.69, 9.17) is 0 Å². The first-order valence-electron chi connectivity index (χ1n) is 7.97. The molecule has 0 fully saturated rings. The molecule has 2 rings (SSSR count). The van der Waals surface area contributed by atoms with Crippen LogP contribution in [0.25, 0.3) is 0 Å². The first-order valence-corrected chi connectivity index (χ1v) is 8.37. The Kier molecular flexibility index (Phi) is 5.88. The maximum Gasteiger partial charge on any atom is 0.275 e. The zero-order valence-electron chi connectivity index (χ0n) is 13.8. The van der Waals surface area contributed by atoms with Crippen LogP contribution in [0.4, 0.5) is 0 Å². The minimum atomic E-state index is -0.374. The van der Waals surface area contributed by atoms with E-state index in [0.717, 1.165) is 12.8 Å². The van der Waals surface area contributed by atoms with Gasteiger partial charge in [0.05, 0.1) is 0 Å². The molecule has 2 atom stereocenters. The third-order valence-corrected chi connectivity index (χ3v) is 4.94. The molecule has 1 heterocycles. The van der Waals surface area contributed by atoms with Gasteiger partial charge in [-0.3, -0.25) is 14.9 Å². The summed E-state index contributed by atoms with van der Waals surface area (Å²) in [6.45, 7) is 6.47. The van der Waals surface area contributed by atoms with E-state index in [1.807, 2.05) is 13.0 Å². The second-order valence-corrected chi connectivity index (χ2v) is 6.90. The third kappa shape index (κ3) is 4.61. The van der Waals surface area contributed by atoms with Crippen molar-refractivity contribution in [2.24, 2.45) is 11.8 Å². The molecule has 1 aliphatic rings. The van der Waals surface area contributed by atoms with Gasteiger partial charge in [-0.2, -0.15) is 0 Å². The smallest absolute Gasteiger partial charge is 0.275 e. The lowest BCUT2D eigenvalue weighted by atomic mass is 9.84. The number of nitrogens with zero attached hydrogens (tertiary/aromatic N) is 1. The molecule has 0 aliphatic carbocycles. The van der Waals surface area contributed by atoms with E-state index in [0.29, 0.717) is 17.5 Å². The third-order valence-electron chi connectivity index (χ3n) is 4.33. The molecule has 23 heavy (non-hydrogen) atoms. The van der Waals surface area contributed by atoms with Crippen LogP contribution in [0.5, 0.6) is 0 Å². The molecule has 1 aromatic rings. The second kappa shape index (κ2) is 7.68. The summed E-state index contributed by atoms with van der Waals surface area (Å²) >= 11 is 4.44. The van der Waals surface area contributed by atoms with Crippen molar-refractivity contribution in [3.05, 3.63) is 47.7 Å². The molecule has 1 aromatic carbocycles. The number of imide groups is 1. The van der Waals surface area contributed by atoms with Crippen LogP contribution in [-0.2, 0) is 16.0 Å². The quantitative estimate of drug-likeness (QED) is 0.596. The average molecular weight is 332 g/mol. The number of nitrogens with one attached hydrogen (secondary N) is 1. The molecule has 1 N–H and O–H groups in total. The van der Waals surface area contributed by atoms with Gasteiger partial charge in [-0.1, -0.05) is 57.0 Å². The number of carbonyl (C=O) groups is 2.